The van der Waals surface area contributed by atoms with E-state index in [0.717, 1.165) is 5.69 Å². The molecule has 0 saturated carbocycles. The summed E-state index contributed by atoms with van der Waals surface area (Å²) < 4.78 is 0. The molecule has 1 aromatic rings. The molecule has 0 fully saturated rings. The second-order valence-corrected chi connectivity index (χ2v) is 3.82. The molecular weight excluding hydrogens is 158 g/mol. The molecule has 0 spiro atoms. The number of hydrogen-bond donors (Lipinski definition) is 0. The van der Waals surface area contributed by atoms with Gasteiger partial charge in [-0.05, 0) is 37.8 Å². The minimum absolute atomic E-state index is 0.651. The Hall–Kier alpha value is -0.850. The summed E-state index contributed by atoms with van der Waals surface area (Å²) in [6.07, 6.45) is 2.50. The fourth-order valence-corrected chi connectivity index (χ4v) is 1.81. The van der Waals surface area contributed by atoms with Gasteiger partial charge in [0.05, 0.1) is 0 Å². The minimum atomic E-state index is 0.651. The van der Waals surface area contributed by atoms with E-state index in [1.165, 1.54) is 24.1 Å². The lowest BCUT2D eigenvalue weighted by molar-refractivity contribution is 0.657. The summed E-state index contributed by atoms with van der Waals surface area (Å²) in [5.41, 5.74) is 3.72. The first-order chi connectivity index (χ1) is 6.15. The average Bonchev–Trinajstić information content (AvgIpc) is 2.04. The van der Waals surface area contributed by atoms with Gasteiger partial charge in [-0.1, -0.05) is 26.3 Å². The smallest absolute Gasteiger partial charge is 0.0410 e. The van der Waals surface area contributed by atoms with E-state index >= 15 is 0 Å². The Balaban J connectivity index is 2.88. The summed E-state index contributed by atoms with van der Waals surface area (Å²) in [6.45, 7) is 8.66. The Morgan fingerprint density at radius 2 is 2.00 bits per heavy atom. The molecule has 72 valence electrons. The predicted molar refractivity (Wildman–Crippen MR) is 57.0 cm³/mol. The van der Waals surface area contributed by atoms with Crippen molar-refractivity contribution in [3.63, 3.8) is 0 Å². The van der Waals surface area contributed by atoms with Gasteiger partial charge in [0, 0.05) is 11.4 Å². The molecule has 0 saturated heterocycles. The van der Waals surface area contributed by atoms with Gasteiger partial charge in [-0.25, -0.2) is 0 Å². The monoisotopic (exact) mass is 177 g/mol. The molecule has 1 heterocycles. The number of hydrogen-bond acceptors (Lipinski definition) is 1. The van der Waals surface area contributed by atoms with Gasteiger partial charge in [-0.15, -0.1) is 0 Å². The van der Waals surface area contributed by atoms with Crippen LogP contribution in [-0.4, -0.2) is 4.98 Å². The van der Waals surface area contributed by atoms with Gasteiger partial charge in [-0.3, -0.25) is 4.98 Å². The van der Waals surface area contributed by atoms with Crippen LogP contribution in [0.5, 0.6) is 0 Å². The van der Waals surface area contributed by atoms with Gasteiger partial charge in [-0.2, -0.15) is 0 Å². The zero-order chi connectivity index (χ0) is 9.84. The van der Waals surface area contributed by atoms with Crippen LogP contribution >= 0.6 is 0 Å². The number of aryl methyl sites for hydroxylation is 2. The Bertz CT molecular complexity index is 278. The zero-order valence-corrected chi connectivity index (χ0v) is 9.09. The van der Waals surface area contributed by atoms with Crippen molar-refractivity contribution in [3.8, 4) is 0 Å². The average molecular weight is 177 g/mol. The lowest BCUT2D eigenvalue weighted by Crippen LogP contribution is -1.99. The number of nitrogens with zero attached hydrogens (tertiary/aromatic N) is 1. The van der Waals surface area contributed by atoms with E-state index in [-0.39, 0.29) is 0 Å². The molecular formula is C12H19N. The second-order valence-electron chi connectivity index (χ2n) is 3.82. The van der Waals surface area contributed by atoms with Gasteiger partial charge < -0.3 is 0 Å². The van der Waals surface area contributed by atoms with Gasteiger partial charge >= 0.3 is 0 Å². The third kappa shape index (κ3) is 2.55. The summed E-state index contributed by atoms with van der Waals surface area (Å²) in [5.74, 6) is 0.651. The van der Waals surface area contributed by atoms with E-state index in [1.54, 1.807) is 0 Å². The highest BCUT2D eigenvalue weighted by atomic mass is 14.7. The number of pyridine rings is 1. The third-order valence-electron chi connectivity index (χ3n) is 2.52. The fraction of sp³-hybridized carbons (Fsp3) is 0.583. The lowest BCUT2D eigenvalue weighted by Gasteiger charge is -2.13. The maximum absolute atomic E-state index is 4.48. The van der Waals surface area contributed by atoms with Crippen LogP contribution in [0.2, 0.25) is 0 Å². The fourth-order valence-electron chi connectivity index (χ4n) is 1.81. The molecule has 1 rings (SSSR count). The maximum atomic E-state index is 4.48. The maximum Gasteiger partial charge on any atom is 0.0410 e. The first-order valence-electron chi connectivity index (χ1n) is 5.09. The van der Waals surface area contributed by atoms with Crippen LogP contribution in [-0.2, 0) is 0 Å². The normalized spacial score (nSPS) is 12.9. The van der Waals surface area contributed by atoms with Crippen LogP contribution in [0.25, 0.3) is 0 Å². The predicted octanol–water partition coefficient (Wildman–Crippen LogP) is 3.60. The Labute approximate surface area is 81.2 Å². The number of aromatic nitrogens is 1. The Morgan fingerprint density at radius 3 is 2.54 bits per heavy atom. The van der Waals surface area contributed by atoms with E-state index in [4.69, 9.17) is 0 Å². The largest absolute Gasteiger partial charge is 0.258 e. The first-order valence-corrected chi connectivity index (χ1v) is 5.09. The van der Waals surface area contributed by atoms with E-state index in [9.17, 15) is 0 Å². The van der Waals surface area contributed by atoms with Gasteiger partial charge in [0.2, 0.25) is 0 Å². The Morgan fingerprint density at radius 1 is 1.31 bits per heavy atom. The molecule has 1 atom stereocenters. The van der Waals surface area contributed by atoms with Crippen molar-refractivity contribution < 1.29 is 0 Å². The SMILES string of the molecule is CCCC(C)c1ccc(C)nc1C. The lowest BCUT2D eigenvalue weighted by atomic mass is 9.95. The molecule has 0 aromatic carbocycles. The summed E-state index contributed by atoms with van der Waals surface area (Å²) in [6, 6.07) is 4.33. The Kier molecular flexibility index (Phi) is 3.47. The molecule has 0 bridgehead atoms. The third-order valence-corrected chi connectivity index (χ3v) is 2.52. The topological polar surface area (TPSA) is 12.9 Å². The van der Waals surface area contributed by atoms with Crippen LogP contribution in [0.15, 0.2) is 12.1 Å². The van der Waals surface area contributed by atoms with E-state index in [0.29, 0.717) is 5.92 Å². The minimum Gasteiger partial charge on any atom is -0.258 e. The molecule has 13 heavy (non-hydrogen) atoms. The van der Waals surface area contributed by atoms with Crippen molar-refractivity contribution in [1.29, 1.82) is 0 Å². The molecule has 1 nitrogen and oxygen atoms in total. The van der Waals surface area contributed by atoms with Gasteiger partial charge in [0.1, 0.15) is 0 Å². The van der Waals surface area contributed by atoms with E-state index in [1.807, 2.05) is 6.92 Å². The standard InChI is InChI=1S/C12H19N/c1-5-6-9(2)12-8-7-10(3)13-11(12)4/h7-9H,5-6H2,1-4H3. The quantitative estimate of drug-likeness (QED) is 0.687. The van der Waals surface area contributed by atoms with Crippen molar-refractivity contribution >= 4 is 0 Å². The van der Waals surface area contributed by atoms with Crippen LogP contribution in [0.3, 0.4) is 0 Å². The zero-order valence-electron chi connectivity index (χ0n) is 9.09. The molecule has 1 unspecified atom stereocenters. The molecule has 0 aliphatic heterocycles. The van der Waals surface area contributed by atoms with Crippen LogP contribution in [0.4, 0.5) is 0 Å². The molecule has 0 aliphatic carbocycles. The van der Waals surface area contributed by atoms with Crippen molar-refractivity contribution in [2.75, 3.05) is 0 Å². The van der Waals surface area contributed by atoms with Crippen molar-refractivity contribution in [3.05, 3.63) is 29.1 Å². The molecule has 0 amide bonds. The molecule has 1 heteroatoms. The highest BCUT2D eigenvalue weighted by molar-refractivity contribution is 5.24. The molecule has 0 radical (unpaired) electrons. The summed E-state index contributed by atoms with van der Waals surface area (Å²) in [7, 11) is 0. The summed E-state index contributed by atoms with van der Waals surface area (Å²) >= 11 is 0. The highest BCUT2D eigenvalue weighted by Crippen LogP contribution is 2.22. The highest BCUT2D eigenvalue weighted by Gasteiger charge is 2.07. The molecule has 0 N–H and O–H groups in total. The molecule has 1 aromatic heterocycles. The summed E-state index contributed by atoms with van der Waals surface area (Å²) in [5, 5.41) is 0. The molecule has 0 aliphatic rings. The van der Waals surface area contributed by atoms with Gasteiger partial charge in [0.25, 0.3) is 0 Å². The van der Waals surface area contributed by atoms with Crippen LogP contribution < -0.4 is 0 Å². The van der Waals surface area contributed by atoms with Crippen molar-refractivity contribution in [2.45, 2.75) is 46.5 Å². The first kappa shape index (κ1) is 10.2. The summed E-state index contributed by atoms with van der Waals surface area (Å²) in [4.78, 5) is 4.48. The van der Waals surface area contributed by atoms with E-state index in [2.05, 4.69) is 37.9 Å². The van der Waals surface area contributed by atoms with Crippen molar-refractivity contribution in [1.82, 2.24) is 4.98 Å². The van der Waals surface area contributed by atoms with Crippen LogP contribution in [0, 0.1) is 13.8 Å². The number of rotatable bonds is 3. The van der Waals surface area contributed by atoms with E-state index < -0.39 is 0 Å². The second kappa shape index (κ2) is 4.40. The van der Waals surface area contributed by atoms with Gasteiger partial charge in [0.15, 0.2) is 0 Å². The van der Waals surface area contributed by atoms with Crippen LogP contribution in [0.1, 0.15) is 49.6 Å². The van der Waals surface area contributed by atoms with Crippen molar-refractivity contribution in [2.24, 2.45) is 0 Å².